The Morgan fingerprint density at radius 1 is 0.952 bits per heavy atom. The third kappa shape index (κ3) is 8.64. The Morgan fingerprint density at radius 2 is 1.64 bits per heavy atom. The highest BCUT2D eigenvalue weighted by Crippen LogP contribution is 2.19. The van der Waals surface area contributed by atoms with E-state index in [1.165, 1.54) is 12.5 Å². The van der Waals surface area contributed by atoms with Crippen LogP contribution in [0.5, 0.6) is 0 Å². The van der Waals surface area contributed by atoms with Crippen molar-refractivity contribution in [2.75, 3.05) is 0 Å². The standard InChI is InChI=1S/C28H37N7O7/c1-3-15(2)24(28(41)42)35-26(39)21(8-9-23(36)37)33-27(40)22(11-17-13-30-14-32-17)34-25(38)19(29)10-16-12-31-20-7-5-4-6-18(16)20/h4-7,12-15,19,21-22,24,31H,3,8-11,29H2,1-2H3,(H,30,32)(H,33,40)(H,34,38)(H,35,39)(H,36,37)(H,41,42). The highest BCUT2D eigenvalue weighted by Gasteiger charge is 2.32. The van der Waals surface area contributed by atoms with E-state index >= 15 is 0 Å². The minimum Gasteiger partial charge on any atom is -0.481 e. The maximum absolute atomic E-state index is 13.4. The summed E-state index contributed by atoms with van der Waals surface area (Å²) in [4.78, 5) is 72.5. The van der Waals surface area contributed by atoms with Crippen LogP contribution < -0.4 is 21.7 Å². The van der Waals surface area contributed by atoms with Crippen LogP contribution in [0.15, 0.2) is 43.0 Å². The van der Waals surface area contributed by atoms with Crippen LogP contribution in [0.3, 0.4) is 0 Å². The SMILES string of the molecule is CCC(C)C(NC(=O)C(CCC(=O)O)NC(=O)C(Cc1cnc[nH]1)NC(=O)C(N)Cc1c[nH]c2ccccc12)C(=O)O. The van der Waals surface area contributed by atoms with Gasteiger partial charge in [0, 0.05) is 41.8 Å². The molecule has 0 radical (unpaired) electrons. The summed E-state index contributed by atoms with van der Waals surface area (Å²) in [5.74, 6) is -5.13. The molecule has 0 aliphatic carbocycles. The van der Waals surface area contributed by atoms with Gasteiger partial charge in [0.1, 0.15) is 18.1 Å². The average molecular weight is 584 g/mol. The molecule has 3 amide bonds. The van der Waals surface area contributed by atoms with Crippen LogP contribution in [-0.4, -0.2) is 79.0 Å². The summed E-state index contributed by atoms with van der Waals surface area (Å²) < 4.78 is 0. The first-order valence-corrected chi connectivity index (χ1v) is 13.6. The maximum atomic E-state index is 13.4. The third-order valence-corrected chi connectivity index (χ3v) is 7.12. The van der Waals surface area contributed by atoms with Crippen LogP contribution in [0.1, 0.15) is 44.4 Å². The molecule has 0 bridgehead atoms. The number of fused-ring (bicyclic) bond motifs is 1. The summed E-state index contributed by atoms with van der Waals surface area (Å²) >= 11 is 0. The molecule has 42 heavy (non-hydrogen) atoms. The molecule has 2 aromatic heterocycles. The van der Waals surface area contributed by atoms with E-state index in [1.807, 2.05) is 24.3 Å². The van der Waals surface area contributed by atoms with E-state index in [2.05, 4.69) is 30.9 Å². The molecule has 0 saturated carbocycles. The van der Waals surface area contributed by atoms with Gasteiger partial charge in [0.25, 0.3) is 0 Å². The first-order chi connectivity index (χ1) is 20.0. The molecule has 2 heterocycles. The third-order valence-electron chi connectivity index (χ3n) is 7.12. The van der Waals surface area contributed by atoms with Crippen molar-refractivity contribution in [2.24, 2.45) is 11.7 Å². The number of aliphatic carboxylic acids is 2. The maximum Gasteiger partial charge on any atom is 0.326 e. The molecular formula is C28H37N7O7. The molecule has 5 unspecified atom stereocenters. The van der Waals surface area contributed by atoms with Crippen molar-refractivity contribution in [3.63, 3.8) is 0 Å². The number of carboxylic acids is 2. The van der Waals surface area contributed by atoms with Gasteiger partial charge in [-0.3, -0.25) is 19.2 Å². The van der Waals surface area contributed by atoms with E-state index in [4.69, 9.17) is 5.73 Å². The number of carbonyl (C=O) groups excluding carboxylic acids is 3. The Hall–Kier alpha value is -4.72. The van der Waals surface area contributed by atoms with Gasteiger partial charge in [0.15, 0.2) is 0 Å². The summed E-state index contributed by atoms with van der Waals surface area (Å²) in [6.07, 6.45) is 4.48. The van der Waals surface area contributed by atoms with E-state index in [0.29, 0.717) is 12.1 Å². The van der Waals surface area contributed by atoms with Crippen molar-refractivity contribution in [2.45, 2.75) is 70.1 Å². The van der Waals surface area contributed by atoms with Gasteiger partial charge in [0.05, 0.1) is 12.4 Å². The zero-order valence-electron chi connectivity index (χ0n) is 23.4. The van der Waals surface area contributed by atoms with Gasteiger partial charge in [-0.15, -0.1) is 0 Å². The lowest BCUT2D eigenvalue weighted by Crippen LogP contribution is -2.58. The van der Waals surface area contributed by atoms with Gasteiger partial charge in [-0.25, -0.2) is 9.78 Å². The molecule has 226 valence electrons. The number of rotatable bonds is 16. The Labute approximate surface area is 241 Å². The van der Waals surface area contributed by atoms with E-state index in [1.54, 1.807) is 20.0 Å². The number of benzene rings is 1. The van der Waals surface area contributed by atoms with Crippen molar-refractivity contribution in [1.82, 2.24) is 30.9 Å². The molecule has 3 aromatic rings. The number of hydrogen-bond donors (Lipinski definition) is 8. The summed E-state index contributed by atoms with van der Waals surface area (Å²) in [6, 6.07) is 2.71. The monoisotopic (exact) mass is 583 g/mol. The quantitative estimate of drug-likeness (QED) is 0.117. The lowest BCUT2D eigenvalue weighted by Gasteiger charge is -2.26. The number of aromatic nitrogens is 3. The smallest absolute Gasteiger partial charge is 0.326 e. The lowest BCUT2D eigenvalue weighted by atomic mass is 9.98. The second kappa shape index (κ2) is 14.8. The Kier molecular flexibility index (Phi) is 11.2. The molecule has 3 rings (SSSR count). The lowest BCUT2D eigenvalue weighted by molar-refractivity contribution is -0.144. The summed E-state index contributed by atoms with van der Waals surface area (Å²) in [7, 11) is 0. The fraction of sp³-hybridized carbons (Fsp3) is 0.429. The molecule has 0 saturated heterocycles. The number of aromatic amines is 2. The second-order valence-corrected chi connectivity index (χ2v) is 10.2. The van der Waals surface area contributed by atoms with Gasteiger partial charge >= 0.3 is 11.9 Å². The largest absolute Gasteiger partial charge is 0.481 e. The van der Waals surface area contributed by atoms with E-state index in [9.17, 15) is 34.2 Å². The van der Waals surface area contributed by atoms with Crippen molar-refractivity contribution in [3.05, 3.63) is 54.2 Å². The normalized spacial score (nSPS) is 14.7. The molecular weight excluding hydrogens is 546 g/mol. The Balaban J connectivity index is 1.76. The molecule has 0 aliphatic heterocycles. The number of carbonyl (C=O) groups is 5. The number of para-hydroxylation sites is 1. The van der Waals surface area contributed by atoms with Gasteiger partial charge < -0.3 is 41.9 Å². The van der Waals surface area contributed by atoms with Crippen molar-refractivity contribution in [3.8, 4) is 0 Å². The Bertz CT molecular complexity index is 1390. The van der Waals surface area contributed by atoms with Gasteiger partial charge in [0.2, 0.25) is 17.7 Å². The number of nitrogens with two attached hydrogens (primary N) is 1. The zero-order valence-corrected chi connectivity index (χ0v) is 23.4. The van der Waals surface area contributed by atoms with Crippen molar-refractivity contribution >= 4 is 40.6 Å². The molecule has 14 heteroatoms. The topological polar surface area (TPSA) is 232 Å². The van der Waals surface area contributed by atoms with Gasteiger partial charge in [-0.1, -0.05) is 38.5 Å². The van der Waals surface area contributed by atoms with Crippen LogP contribution in [0, 0.1) is 5.92 Å². The number of imidazole rings is 1. The highest BCUT2D eigenvalue weighted by atomic mass is 16.4. The molecule has 0 fully saturated rings. The molecule has 5 atom stereocenters. The fourth-order valence-electron chi connectivity index (χ4n) is 4.48. The minimum absolute atomic E-state index is 0.0325. The van der Waals surface area contributed by atoms with Gasteiger partial charge in [-0.2, -0.15) is 0 Å². The molecule has 9 N–H and O–H groups in total. The van der Waals surface area contributed by atoms with Crippen LogP contribution in [0.4, 0.5) is 0 Å². The summed E-state index contributed by atoms with van der Waals surface area (Å²) in [5, 5.41) is 27.2. The predicted molar refractivity (Wildman–Crippen MR) is 152 cm³/mol. The number of nitrogens with zero attached hydrogens (tertiary/aromatic N) is 1. The number of carboxylic acid groups (broad SMARTS) is 2. The van der Waals surface area contributed by atoms with E-state index in [0.717, 1.165) is 16.5 Å². The van der Waals surface area contributed by atoms with Crippen molar-refractivity contribution < 1.29 is 34.2 Å². The summed E-state index contributed by atoms with van der Waals surface area (Å²) in [5.41, 5.74) is 8.43. The highest BCUT2D eigenvalue weighted by molar-refractivity contribution is 5.94. The number of hydrogen-bond acceptors (Lipinski definition) is 7. The number of amides is 3. The van der Waals surface area contributed by atoms with Crippen LogP contribution >= 0.6 is 0 Å². The predicted octanol–water partition coefficient (Wildman–Crippen LogP) is 0.453. The fourth-order valence-corrected chi connectivity index (χ4v) is 4.48. The molecule has 0 spiro atoms. The summed E-state index contributed by atoms with van der Waals surface area (Å²) in [6.45, 7) is 3.42. The minimum atomic E-state index is -1.37. The van der Waals surface area contributed by atoms with E-state index in [-0.39, 0.29) is 19.3 Å². The zero-order chi connectivity index (χ0) is 30.8. The van der Waals surface area contributed by atoms with Crippen molar-refractivity contribution in [1.29, 1.82) is 0 Å². The molecule has 0 aliphatic rings. The first kappa shape index (κ1) is 31.8. The number of H-pyrrole nitrogens is 2. The van der Waals surface area contributed by atoms with E-state index < -0.39 is 66.2 Å². The second-order valence-electron chi connectivity index (χ2n) is 10.2. The Morgan fingerprint density at radius 3 is 2.29 bits per heavy atom. The van der Waals surface area contributed by atoms with Gasteiger partial charge in [-0.05, 0) is 30.4 Å². The molecule has 14 nitrogen and oxygen atoms in total. The van der Waals surface area contributed by atoms with Crippen LogP contribution in [-0.2, 0) is 36.8 Å². The average Bonchev–Trinajstić information content (AvgIpc) is 3.62. The van der Waals surface area contributed by atoms with Crippen LogP contribution in [0.2, 0.25) is 0 Å². The first-order valence-electron chi connectivity index (χ1n) is 13.6. The number of nitrogens with one attached hydrogen (secondary N) is 5. The van der Waals surface area contributed by atoms with Crippen LogP contribution in [0.25, 0.3) is 10.9 Å². The molecule has 1 aromatic carbocycles.